The van der Waals surface area contributed by atoms with Gasteiger partial charge in [0, 0.05) is 42.8 Å². The maximum atomic E-state index is 15.9. The summed E-state index contributed by atoms with van der Waals surface area (Å²) in [6.45, 7) is 0.905. The van der Waals surface area contributed by atoms with E-state index in [1.165, 1.54) is 19.2 Å². The number of nitrogens with one attached hydrogen (secondary N) is 4. The van der Waals surface area contributed by atoms with Crippen LogP contribution in [0, 0.1) is 11.2 Å². The van der Waals surface area contributed by atoms with Crippen LogP contribution in [-0.4, -0.2) is 68.2 Å². The Morgan fingerprint density at radius 3 is 2.64 bits per heavy atom. The van der Waals surface area contributed by atoms with Gasteiger partial charge in [0.1, 0.15) is 23.2 Å². The molecule has 7 N–H and O–H groups in total. The van der Waals surface area contributed by atoms with Crippen LogP contribution in [0.3, 0.4) is 0 Å². The Kier molecular flexibility index (Phi) is 8.96. The number of aromatic nitrogens is 5. The van der Waals surface area contributed by atoms with Crippen molar-refractivity contribution in [1.29, 1.82) is 5.41 Å². The van der Waals surface area contributed by atoms with Gasteiger partial charge in [0.25, 0.3) is 0 Å². The number of nitrogens with zero attached hydrogens (tertiary/aromatic N) is 3. The van der Waals surface area contributed by atoms with Crippen LogP contribution in [0.1, 0.15) is 46.7 Å². The minimum Gasteiger partial charge on any atom is -0.497 e. The fraction of sp³-hybridized carbons (Fsp3) is 0.231. The van der Waals surface area contributed by atoms with Crippen molar-refractivity contribution in [1.82, 2.24) is 25.0 Å². The van der Waals surface area contributed by atoms with E-state index < -0.39 is 29.5 Å². The second-order valence-corrected chi connectivity index (χ2v) is 8.76. The summed E-state index contributed by atoms with van der Waals surface area (Å²) in [5.41, 5.74) is 5.33. The molecule has 4 aromatic rings. The summed E-state index contributed by atoms with van der Waals surface area (Å²) in [6.07, 6.45) is 1.32. The molecular formula is C26H27FN8O7. The third-order valence-corrected chi connectivity index (χ3v) is 5.85. The molecule has 1 atom stereocenters. The molecule has 0 radical (unpaired) electrons. The van der Waals surface area contributed by atoms with Gasteiger partial charge in [-0.05, 0) is 30.3 Å². The average Bonchev–Trinajstić information content (AvgIpc) is 3.59. The maximum absolute atomic E-state index is 15.9. The van der Waals surface area contributed by atoms with Gasteiger partial charge in [-0.15, -0.1) is 5.10 Å². The fourth-order valence-corrected chi connectivity index (χ4v) is 3.88. The summed E-state index contributed by atoms with van der Waals surface area (Å²) in [5.74, 6) is -3.10. The molecule has 2 aromatic heterocycles. The van der Waals surface area contributed by atoms with E-state index in [2.05, 4.69) is 30.3 Å². The molecule has 1 unspecified atom stereocenters. The predicted octanol–water partition coefficient (Wildman–Crippen LogP) is 1.38. The average molecular weight is 583 g/mol. The van der Waals surface area contributed by atoms with E-state index in [0.717, 1.165) is 17.8 Å². The molecular weight excluding hydrogens is 555 g/mol. The molecule has 0 saturated heterocycles. The minimum absolute atomic E-state index is 0.0229. The third-order valence-electron chi connectivity index (χ3n) is 5.85. The highest BCUT2D eigenvalue weighted by Gasteiger charge is 2.28. The van der Waals surface area contributed by atoms with Crippen LogP contribution in [0.4, 0.5) is 10.1 Å². The summed E-state index contributed by atoms with van der Waals surface area (Å²) in [6, 6.07) is 7.90. The van der Waals surface area contributed by atoms with Crippen LogP contribution in [0.25, 0.3) is 5.82 Å². The predicted molar refractivity (Wildman–Crippen MR) is 146 cm³/mol. The first-order chi connectivity index (χ1) is 20.1. The zero-order chi connectivity index (χ0) is 30.4. The van der Waals surface area contributed by atoms with Crippen molar-refractivity contribution >= 4 is 23.5 Å². The Morgan fingerprint density at radius 2 is 2.00 bits per heavy atom. The van der Waals surface area contributed by atoms with Crippen molar-refractivity contribution in [3.8, 4) is 17.3 Å². The first kappa shape index (κ1) is 29.5. The Morgan fingerprint density at radius 1 is 1.26 bits per heavy atom. The minimum atomic E-state index is -1.17. The first-order valence-electron chi connectivity index (χ1n) is 12.4. The monoisotopic (exact) mass is 582 g/mol. The van der Waals surface area contributed by atoms with Crippen LogP contribution < -0.4 is 26.2 Å². The van der Waals surface area contributed by atoms with E-state index in [4.69, 9.17) is 25.7 Å². The van der Waals surface area contributed by atoms with E-state index in [1.807, 2.05) is 0 Å². The maximum Gasteiger partial charge on any atom is 0.351 e. The van der Waals surface area contributed by atoms with Gasteiger partial charge in [0.15, 0.2) is 23.2 Å². The quantitative estimate of drug-likeness (QED) is 0.0460. The van der Waals surface area contributed by atoms with Gasteiger partial charge in [-0.3, -0.25) is 20.3 Å². The number of rotatable bonds is 12. The van der Waals surface area contributed by atoms with E-state index in [-0.39, 0.29) is 59.7 Å². The Hall–Kier alpha value is -5.51. The van der Waals surface area contributed by atoms with Gasteiger partial charge >= 0.3 is 17.6 Å². The van der Waals surface area contributed by atoms with Gasteiger partial charge in [-0.25, -0.2) is 14.0 Å². The lowest BCUT2D eigenvalue weighted by Gasteiger charge is -2.21. The molecule has 0 aliphatic heterocycles. The van der Waals surface area contributed by atoms with Crippen LogP contribution in [0.2, 0.25) is 0 Å². The highest BCUT2D eigenvalue weighted by atomic mass is 19.1. The van der Waals surface area contributed by atoms with E-state index in [1.54, 1.807) is 24.3 Å². The molecule has 2 heterocycles. The molecule has 4 rings (SSSR count). The lowest BCUT2D eigenvalue weighted by molar-refractivity contribution is -0.135. The van der Waals surface area contributed by atoms with E-state index in [0.29, 0.717) is 11.3 Å². The van der Waals surface area contributed by atoms with Gasteiger partial charge in [0.05, 0.1) is 19.9 Å². The summed E-state index contributed by atoms with van der Waals surface area (Å²) < 4.78 is 32.2. The van der Waals surface area contributed by atoms with E-state index in [9.17, 15) is 14.4 Å². The number of methoxy groups -OCH3 is 1. The molecule has 0 aliphatic rings. The lowest BCUT2D eigenvalue weighted by atomic mass is 10.0. The Bertz CT molecular complexity index is 1660. The normalized spacial score (nSPS) is 11.5. The first-order valence-corrected chi connectivity index (χ1v) is 12.4. The number of halogens is 1. The number of carbonyl (C=O) groups is 2. The second kappa shape index (κ2) is 12.8. The number of aliphatic hydroxyl groups is 1. The third kappa shape index (κ3) is 6.44. The topological polar surface area (TPSA) is 223 Å². The number of anilines is 1. The molecule has 0 saturated carbocycles. The smallest absolute Gasteiger partial charge is 0.351 e. The molecule has 15 nitrogen and oxygen atoms in total. The fourth-order valence-electron chi connectivity index (χ4n) is 3.88. The molecule has 220 valence electrons. The molecule has 0 fully saturated rings. The van der Waals surface area contributed by atoms with Crippen molar-refractivity contribution in [3.05, 3.63) is 81.4 Å². The van der Waals surface area contributed by atoms with Gasteiger partial charge < -0.3 is 30.4 Å². The number of esters is 2. The molecule has 16 heteroatoms. The number of amidine groups is 1. The van der Waals surface area contributed by atoms with Gasteiger partial charge in [-0.1, -0.05) is 0 Å². The zero-order valence-corrected chi connectivity index (χ0v) is 22.4. The number of nitrogens with two attached hydrogens (primary N) is 1. The van der Waals surface area contributed by atoms with Crippen molar-refractivity contribution in [2.75, 3.05) is 25.6 Å². The summed E-state index contributed by atoms with van der Waals surface area (Å²) in [5, 5.41) is 30.3. The highest BCUT2D eigenvalue weighted by molar-refractivity contribution is 5.98. The highest BCUT2D eigenvalue weighted by Crippen LogP contribution is 2.35. The molecule has 0 bridgehead atoms. The van der Waals surface area contributed by atoms with Gasteiger partial charge in [-0.2, -0.15) is 9.78 Å². The van der Waals surface area contributed by atoms with Crippen molar-refractivity contribution < 1.29 is 33.3 Å². The Balaban J connectivity index is 1.83. The summed E-state index contributed by atoms with van der Waals surface area (Å²) in [7, 11) is 1.38. The molecule has 0 spiro atoms. The number of ether oxygens (including phenoxy) is 3. The van der Waals surface area contributed by atoms with Crippen molar-refractivity contribution in [2.45, 2.75) is 19.4 Å². The zero-order valence-electron chi connectivity index (χ0n) is 22.4. The van der Waals surface area contributed by atoms with Crippen molar-refractivity contribution in [3.63, 3.8) is 0 Å². The second-order valence-electron chi connectivity index (χ2n) is 8.76. The SMILES string of the molecule is COc1cc(OCCCO)c(F)c(C(Nc2ccc(C(=N)N)cc2)c2nn(-c3[nH]ncc3C(=O)OC(C)=O)c(=O)[nH]2)c1. The number of aliphatic hydroxyl groups excluding tert-OH is 1. The summed E-state index contributed by atoms with van der Waals surface area (Å²) in [4.78, 5) is 39.3. The largest absolute Gasteiger partial charge is 0.497 e. The molecule has 0 amide bonds. The lowest BCUT2D eigenvalue weighted by Crippen LogP contribution is -2.20. The van der Waals surface area contributed by atoms with Crippen LogP contribution in [0.5, 0.6) is 11.5 Å². The number of nitrogen functional groups attached to an aromatic ring is 1. The number of H-pyrrole nitrogens is 2. The van der Waals surface area contributed by atoms with Gasteiger partial charge in [0.2, 0.25) is 0 Å². The number of hydrogen-bond acceptors (Lipinski definition) is 11. The number of benzene rings is 2. The van der Waals surface area contributed by atoms with Crippen LogP contribution >= 0.6 is 0 Å². The van der Waals surface area contributed by atoms with Crippen LogP contribution in [-0.2, 0) is 9.53 Å². The number of hydrogen-bond donors (Lipinski definition) is 6. The standard InChI is InChI=1S/C26H27FN8O7/c1-13(37)42-25(38)18-12-30-33-24(18)35-26(39)32-23(34-35)21(31-15-6-4-14(5-7-15)22(28)29)17-10-16(40-2)11-19(20(17)27)41-9-3-8-36/h4-7,10-12,21,31,36H,3,8-9H2,1-2H3,(H3,28,29)(H,30,33)(H,32,34,39). The van der Waals surface area contributed by atoms with Crippen molar-refractivity contribution in [2.24, 2.45) is 5.73 Å². The molecule has 42 heavy (non-hydrogen) atoms. The number of carbonyl (C=O) groups excluding carboxylic acids is 2. The Labute approximate surface area is 236 Å². The molecule has 2 aromatic carbocycles. The number of aromatic amines is 2. The summed E-state index contributed by atoms with van der Waals surface area (Å²) >= 11 is 0. The molecule has 0 aliphatic carbocycles. The van der Waals surface area contributed by atoms with E-state index >= 15 is 4.39 Å². The van der Waals surface area contributed by atoms with Crippen LogP contribution in [0.15, 0.2) is 47.4 Å².